The number of benzene rings is 1. The molecule has 2 saturated carbocycles. The third-order valence-corrected chi connectivity index (χ3v) is 6.68. The summed E-state index contributed by atoms with van der Waals surface area (Å²) in [5, 5.41) is 3.36. The van der Waals surface area contributed by atoms with Gasteiger partial charge in [-0.2, -0.15) is 5.01 Å². The molecule has 4 rings (SSSR count). The number of halogens is 1. The van der Waals surface area contributed by atoms with Gasteiger partial charge in [0, 0.05) is 5.56 Å². The van der Waals surface area contributed by atoms with Gasteiger partial charge in [0.05, 0.1) is 5.41 Å². The fourth-order valence-corrected chi connectivity index (χ4v) is 5.05. The second-order valence-corrected chi connectivity index (χ2v) is 8.59. The number of amides is 4. The second kappa shape index (κ2) is 8.28. The summed E-state index contributed by atoms with van der Waals surface area (Å²) in [5.74, 6) is -2.45. The van der Waals surface area contributed by atoms with E-state index < -0.39 is 47.2 Å². The molecule has 1 spiro atoms. The van der Waals surface area contributed by atoms with Crippen molar-refractivity contribution in [2.24, 2.45) is 0 Å². The number of nitrogens with one attached hydrogen (secondary N) is 2. The van der Waals surface area contributed by atoms with Gasteiger partial charge in [-0.15, -0.1) is 0 Å². The Kier molecular flexibility index (Phi) is 5.68. The first-order chi connectivity index (χ1) is 14.9. The summed E-state index contributed by atoms with van der Waals surface area (Å²) in [6.07, 6.45) is 6.08. The molecular weight excluding hydrogens is 405 g/mol. The van der Waals surface area contributed by atoms with Crippen molar-refractivity contribution in [3.63, 3.8) is 0 Å². The molecule has 4 amide bonds. The lowest BCUT2D eigenvalue weighted by molar-refractivity contribution is -0.155. The van der Waals surface area contributed by atoms with Crippen LogP contribution in [0.5, 0.6) is 0 Å². The average molecular weight is 431 g/mol. The van der Waals surface area contributed by atoms with Crippen LogP contribution in [0.25, 0.3) is 0 Å². The molecule has 0 radical (unpaired) electrons. The minimum Gasteiger partial charge on any atom is -0.455 e. The summed E-state index contributed by atoms with van der Waals surface area (Å²) < 4.78 is 19.6. The molecule has 0 unspecified atom stereocenters. The lowest BCUT2D eigenvalue weighted by Gasteiger charge is -2.30. The number of esters is 1. The van der Waals surface area contributed by atoms with E-state index in [1.54, 1.807) is 18.2 Å². The lowest BCUT2D eigenvalue weighted by atomic mass is 9.78. The fourth-order valence-electron chi connectivity index (χ4n) is 5.05. The molecule has 8 nitrogen and oxygen atoms in total. The Morgan fingerprint density at radius 1 is 1.03 bits per heavy atom. The molecule has 3 aliphatic rings. The summed E-state index contributed by atoms with van der Waals surface area (Å²) in [5.41, 5.74) is 0.424. The van der Waals surface area contributed by atoms with Crippen LogP contribution in [-0.4, -0.2) is 41.0 Å². The maximum atomic E-state index is 14.4. The van der Waals surface area contributed by atoms with E-state index in [4.69, 9.17) is 4.74 Å². The summed E-state index contributed by atoms with van der Waals surface area (Å²) >= 11 is 0. The predicted molar refractivity (Wildman–Crippen MR) is 107 cm³/mol. The van der Waals surface area contributed by atoms with E-state index in [2.05, 4.69) is 10.7 Å². The van der Waals surface area contributed by atoms with E-state index in [0.717, 1.165) is 32.1 Å². The molecular formula is C22H26FN3O5. The largest absolute Gasteiger partial charge is 0.455 e. The number of carbonyl (C=O) groups excluding carboxylic acids is 4. The summed E-state index contributed by atoms with van der Waals surface area (Å²) in [7, 11) is 0. The predicted octanol–water partition coefficient (Wildman–Crippen LogP) is 2.47. The SMILES string of the molecule is O=C(COC(=O)C1(c2ccccc2F)CCCC1)NN1C(=O)NC2(CCCCC2)C1=O. The van der Waals surface area contributed by atoms with Crippen LogP contribution in [0.1, 0.15) is 63.4 Å². The molecule has 1 aromatic carbocycles. The van der Waals surface area contributed by atoms with Gasteiger partial charge in [-0.1, -0.05) is 50.3 Å². The van der Waals surface area contributed by atoms with E-state index >= 15 is 0 Å². The van der Waals surface area contributed by atoms with Crippen molar-refractivity contribution in [1.82, 2.24) is 15.8 Å². The highest BCUT2D eigenvalue weighted by Gasteiger charge is 2.52. The fraction of sp³-hybridized carbons (Fsp3) is 0.545. The van der Waals surface area contributed by atoms with Crippen molar-refractivity contribution in [3.05, 3.63) is 35.6 Å². The second-order valence-electron chi connectivity index (χ2n) is 8.59. The van der Waals surface area contributed by atoms with Crippen LogP contribution < -0.4 is 10.7 Å². The molecule has 1 aromatic rings. The highest BCUT2D eigenvalue weighted by atomic mass is 19.1. The number of ether oxygens (including phenoxy) is 1. The van der Waals surface area contributed by atoms with Crippen LogP contribution in [0.3, 0.4) is 0 Å². The Morgan fingerprint density at radius 2 is 1.68 bits per heavy atom. The summed E-state index contributed by atoms with van der Waals surface area (Å²) in [6, 6.07) is 5.40. The molecule has 2 N–H and O–H groups in total. The zero-order valence-corrected chi connectivity index (χ0v) is 17.2. The van der Waals surface area contributed by atoms with Gasteiger partial charge in [0.25, 0.3) is 11.8 Å². The molecule has 0 bridgehead atoms. The highest BCUT2D eigenvalue weighted by molar-refractivity contribution is 6.08. The zero-order valence-electron chi connectivity index (χ0n) is 17.2. The van der Waals surface area contributed by atoms with Crippen LogP contribution in [0.2, 0.25) is 0 Å². The number of urea groups is 1. The van der Waals surface area contributed by atoms with Crippen molar-refractivity contribution < 1.29 is 28.3 Å². The number of rotatable bonds is 5. The van der Waals surface area contributed by atoms with Crippen LogP contribution in [0, 0.1) is 5.82 Å². The minimum atomic E-state index is -1.13. The molecule has 166 valence electrons. The van der Waals surface area contributed by atoms with Gasteiger partial charge in [-0.05, 0) is 31.7 Å². The molecule has 1 aliphatic heterocycles. The molecule has 0 aromatic heterocycles. The van der Waals surface area contributed by atoms with Crippen molar-refractivity contribution in [1.29, 1.82) is 0 Å². The smallest absolute Gasteiger partial charge is 0.344 e. The molecule has 3 fully saturated rings. The van der Waals surface area contributed by atoms with Crippen molar-refractivity contribution >= 4 is 23.8 Å². The number of hydrazine groups is 1. The topological polar surface area (TPSA) is 105 Å². The Labute approximate surface area is 179 Å². The van der Waals surface area contributed by atoms with Crippen molar-refractivity contribution in [2.75, 3.05) is 6.61 Å². The number of hydrogen-bond acceptors (Lipinski definition) is 5. The molecule has 1 saturated heterocycles. The Morgan fingerprint density at radius 3 is 2.35 bits per heavy atom. The summed E-state index contributed by atoms with van der Waals surface area (Å²) in [6.45, 7) is -0.668. The number of imide groups is 1. The van der Waals surface area contributed by atoms with Gasteiger partial charge in [-0.3, -0.25) is 19.8 Å². The summed E-state index contributed by atoms with van der Waals surface area (Å²) in [4.78, 5) is 50.2. The minimum absolute atomic E-state index is 0.270. The van der Waals surface area contributed by atoms with Crippen LogP contribution >= 0.6 is 0 Å². The van der Waals surface area contributed by atoms with Crippen LogP contribution in [-0.2, 0) is 24.5 Å². The van der Waals surface area contributed by atoms with Crippen molar-refractivity contribution in [2.45, 2.75) is 68.7 Å². The first kappa shape index (κ1) is 21.3. The van der Waals surface area contributed by atoms with E-state index in [9.17, 15) is 23.6 Å². The molecule has 0 atom stereocenters. The lowest BCUT2D eigenvalue weighted by Crippen LogP contribution is -2.51. The average Bonchev–Trinajstić information content (AvgIpc) is 3.34. The quantitative estimate of drug-likeness (QED) is 0.551. The maximum absolute atomic E-state index is 14.4. The Hall–Kier alpha value is -2.97. The first-order valence-electron chi connectivity index (χ1n) is 10.8. The Bertz CT molecular complexity index is 906. The van der Waals surface area contributed by atoms with Crippen LogP contribution in [0.4, 0.5) is 9.18 Å². The van der Waals surface area contributed by atoms with Gasteiger partial charge >= 0.3 is 12.0 Å². The highest BCUT2D eigenvalue weighted by Crippen LogP contribution is 2.43. The van der Waals surface area contributed by atoms with Gasteiger partial charge < -0.3 is 10.1 Å². The van der Waals surface area contributed by atoms with Gasteiger partial charge in [0.15, 0.2) is 6.61 Å². The third kappa shape index (κ3) is 3.77. The van der Waals surface area contributed by atoms with E-state index in [-0.39, 0.29) is 5.56 Å². The first-order valence-corrected chi connectivity index (χ1v) is 10.8. The Balaban J connectivity index is 1.39. The maximum Gasteiger partial charge on any atom is 0.344 e. The van der Waals surface area contributed by atoms with E-state index in [0.29, 0.717) is 30.7 Å². The van der Waals surface area contributed by atoms with Gasteiger partial charge in [0.2, 0.25) is 0 Å². The number of nitrogens with zero attached hydrogens (tertiary/aromatic N) is 1. The molecule has 31 heavy (non-hydrogen) atoms. The van der Waals surface area contributed by atoms with Crippen molar-refractivity contribution in [3.8, 4) is 0 Å². The monoisotopic (exact) mass is 431 g/mol. The zero-order chi connectivity index (χ0) is 22.1. The third-order valence-electron chi connectivity index (χ3n) is 6.68. The number of carbonyl (C=O) groups is 4. The van der Waals surface area contributed by atoms with E-state index in [1.807, 2.05) is 0 Å². The standard InChI is InChI=1S/C22H26FN3O5/c23-16-9-3-2-8-15(16)21(10-6-7-11-21)19(29)31-14-17(27)25-26-18(28)22(24-20(26)30)12-4-1-5-13-22/h2-3,8-9H,1,4-7,10-14H2,(H,24,30)(H,25,27). The molecule has 2 aliphatic carbocycles. The molecule has 9 heteroatoms. The number of hydrogen-bond donors (Lipinski definition) is 2. The van der Waals surface area contributed by atoms with Gasteiger partial charge in [-0.25, -0.2) is 9.18 Å². The van der Waals surface area contributed by atoms with E-state index in [1.165, 1.54) is 6.07 Å². The normalized spacial score (nSPS) is 21.8. The van der Waals surface area contributed by atoms with Gasteiger partial charge in [0.1, 0.15) is 11.4 Å². The molecule has 1 heterocycles. The van der Waals surface area contributed by atoms with Crippen LogP contribution in [0.15, 0.2) is 24.3 Å².